The summed E-state index contributed by atoms with van der Waals surface area (Å²) in [5.41, 5.74) is 6.73. The normalized spacial score (nSPS) is 26.4. The quantitative estimate of drug-likeness (QED) is 0.896. The van der Waals surface area contributed by atoms with Crippen LogP contribution in [0, 0.1) is 17.6 Å². The van der Waals surface area contributed by atoms with Gasteiger partial charge in [-0.25, -0.2) is 13.6 Å². The van der Waals surface area contributed by atoms with Crippen LogP contribution >= 0.6 is 0 Å². The van der Waals surface area contributed by atoms with Crippen molar-refractivity contribution >= 4 is 11.8 Å². The van der Waals surface area contributed by atoms with Crippen LogP contribution in [0.15, 0.2) is 18.2 Å². The van der Waals surface area contributed by atoms with E-state index < -0.39 is 17.7 Å². The highest BCUT2D eigenvalue weighted by atomic mass is 19.1. The summed E-state index contributed by atoms with van der Waals surface area (Å²) in [6, 6.07) is 2.91. The minimum atomic E-state index is -0.661. The minimum Gasteiger partial charge on any atom is -0.490 e. The molecule has 3 atom stereocenters. The van der Waals surface area contributed by atoms with Gasteiger partial charge in [-0.2, -0.15) is 5.10 Å². The minimum absolute atomic E-state index is 0.0612. The number of primary amides is 1. The van der Waals surface area contributed by atoms with Crippen molar-refractivity contribution in [3.63, 3.8) is 0 Å². The third-order valence-electron chi connectivity index (χ3n) is 5.36. The molecule has 2 amide bonds. The van der Waals surface area contributed by atoms with Gasteiger partial charge in [0.15, 0.2) is 17.4 Å². The Kier molecular flexibility index (Phi) is 2.90. The van der Waals surface area contributed by atoms with Crippen molar-refractivity contribution in [2.75, 3.05) is 11.5 Å². The maximum Gasteiger partial charge on any atom is 0.320 e. The Hall–Kier alpha value is -2.64. The lowest BCUT2D eigenvalue weighted by Gasteiger charge is -2.18. The van der Waals surface area contributed by atoms with E-state index in [1.165, 1.54) is 4.90 Å². The maximum absolute atomic E-state index is 14.3. The molecule has 0 radical (unpaired) electrons. The lowest BCUT2D eigenvalue weighted by atomic mass is 10.0. The Balaban J connectivity index is 1.51. The fourth-order valence-electron chi connectivity index (χ4n) is 3.95. The number of hydrogen-bond donors (Lipinski definition) is 2. The van der Waals surface area contributed by atoms with Crippen LogP contribution in [-0.4, -0.2) is 28.9 Å². The molecule has 25 heavy (non-hydrogen) atoms. The van der Waals surface area contributed by atoms with E-state index >= 15 is 0 Å². The number of hydrogen-bond acceptors (Lipinski definition) is 3. The molecule has 5 rings (SSSR count). The van der Waals surface area contributed by atoms with Crippen LogP contribution in [0.4, 0.5) is 19.4 Å². The molecule has 8 heteroatoms. The number of fused-ring (bicyclic) bond motifs is 3. The first-order valence-corrected chi connectivity index (χ1v) is 8.31. The molecule has 0 unspecified atom stereocenters. The van der Waals surface area contributed by atoms with Crippen molar-refractivity contribution in [1.29, 1.82) is 0 Å². The molecule has 2 saturated carbocycles. The number of ether oxygens (including phenoxy) is 1. The summed E-state index contributed by atoms with van der Waals surface area (Å²) in [5, 5.41) is 7.15. The summed E-state index contributed by atoms with van der Waals surface area (Å²) in [6.07, 6.45) is 2.19. The molecule has 1 aromatic heterocycles. The Labute approximate surface area is 141 Å². The molecule has 2 aromatic rings. The van der Waals surface area contributed by atoms with Gasteiger partial charge in [-0.05, 0) is 25.0 Å². The number of nitrogens with zero attached hydrogens (tertiary/aromatic N) is 2. The van der Waals surface area contributed by atoms with Gasteiger partial charge in [-0.3, -0.25) is 10.00 Å². The molecule has 2 aliphatic carbocycles. The highest BCUT2D eigenvalue weighted by Crippen LogP contribution is 2.58. The van der Waals surface area contributed by atoms with Crippen molar-refractivity contribution in [3.05, 3.63) is 41.1 Å². The van der Waals surface area contributed by atoms with Crippen LogP contribution in [0.3, 0.4) is 0 Å². The van der Waals surface area contributed by atoms with E-state index in [0.29, 0.717) is 11.7 Å². The van der Waals surface area contributed by atoms with E-state index in [4.69, 9.17) is 10.5 Å². The highest BCUT2D eigenvalue weighted by molar-refractivity contribution is 5.91. The molecule has 130 valence electrons. The monoisotopic (exact) mass is 346 g/mol. The lowest BCUT2D eigenvalue weighted by molar-refractivity contribution is 0.250. The van der Waals surface area contributed by atoms with E-state index in [2.05, 4.69) is 10.2 Å². The number of aromatic nitrogens is 2. The number of carbonyl (C=O) groups excluding carboxylic acids is 1. The molecule has 2 heterocycles. The lowest BCUT2D eigenvalue weighted by Crippen LogP contribution is -2.39. The van der Waals surface area contributed by atoms with Crippen molar-refractivity contribution in [3.8, 4) is 5.75 Å². The van der Waals surface area contributed by atoms with Gasteiger partial charge in [-0.1, -0.05) is 0 Å². The summed E-state index contributed by atoms with van der Waals surface area (Å²) >= 11 is 0. The molecule has 0 bridgehead atoms. The van der Waals surface area contributed by atoms with E-state index in [-0.39, 0.29) is 35.8 Å². The van der Waals surface area contributed by atoms with Crippen molar-refractivity contribution in [1.82, 2.24) is 10.2 Å². The Morgan fingerprint density at radius 2 is 2.08 bits per heavy atom. The Morgan fingerprint density at radius 1 is 1.32 bits per heavy atom. The summed E-state index contributed by atoms with van der Waals surface area (Å²) in [5.74, 6) is -0.778. The number of carbonyl (C=O) groups is 1. The molecule has 1 aromatic carbocycles. The molecule has 0 saturated heterocycles. The van der Waals surface area contributed by atoms with Gasteiger partial charge >= 0.3 is 6.03 Å². The van der Waals surface area contributed by atoms with Crippen LogP contribution in [-0.2, 0) is 0 Å². The third kappa shape index (κ3) is 2.13. The average molecular weight is 346 g/mol. The number of benzene rings is 1. The second kappa shape index (κ2) is 4.93. The topological polar surface area (TPSA) is 84.2 Å². The maximum atomic E-state index is 14.3. The van der Waals surface area contributed by atoms with Gasteiger partial charge in [0.05, 0.1) is 12.6 Å². The number of nitrogens with one attached hydrogen (secondary N) is 1. The summed E-state index contributed by atoms with van der Waals surface area (Å²) in [6.45, 7) is 0.215. The van der Waals surface area contributed by atoms with Crippen molar-refractivity contribution < 1.29 is 18.3 Å². The predicted molar refractivity (Wildman–Crippen MR) is 84.5 cm³/mol. The van der Waals surface area contributed by atoms with Gasteiger partial charge in [0.2, 0.25) is 0 Å². The van der Waals surface area contributed by atoms with Crippen LogP contribution in [0.5, 0.6) is 5.75 Å². The molecular weight excluding hydrogens is 330 g/mol. The molecule has 2 fully saturated rings. The molecule has 0 spiro atoms. The largest absolute Gasteiger partial charge is 0.490 e. The van der Waals surface area contributed by atoms with Gasteiger partial charge < -0.3 is 10.5 Å². The standard InChI is InChI=1S/C17H16F2N4O2/c18-9-3-4-10(19)16-14(9)13-8(6-25-16)15(13)23(17(20)24)12-5-11(21-22-12)7-1-2-7/h3-5,7-8,13,15H,1-2,6H2,(H2,20,24)(H,21,22)/t8-,13-,15-/m1/s1. The average Bonchev–Trinajstić information content (AvgIpc) is 3.49. The first-order valence-electron chi connectivity index (χ1n) is 8.31. The number of nitrogens with two attached hydrogens (primary N) is 1. The zero-order valence-electron chi connectivity index (χ0n) is 13.2. The number of anilines is 1. The van der Waals surface area contributed by atoms with Gasteiger partial charge in [0.25, 0.3) is 0 Å². The number of aromatic amines is 1. The molecular formula is C17H16F2N4O2. The number of amides is 2. The molecule has 3 N–H and O–H groups in total. The van der Waals surface area contributed by atoms with Crippen LogP contribution in [0.2, 0.25) is 0 Å². The van der Waals surface area contributed by atoms with E-state index in [0.717, 1.165) is 30.7 Å². The summed E-state index contributed by atoms with van der Waals surface area (Å²) < 4.78 is 33.6. The zero-order chi connectivity index (χ0) is 17.3. The van der Waals surface area contributed by atoms with E-state index in [9.17, 15) is 13.6 Å². The smallest absolute Gasteiger partial charge is 0.320 e. The van der Waals surface area contributed by atoms with E-state index in [1.54, 1.807) is 0 Å². The Morgan fingerprint density at radius 3 is 2.80 bits per heavy atom. The highest BCUT2D eigenvalue weighted by Gasteiger charge is 2.61. The van der Waals surface area contributed by atoms with Crippen LogP contribution in [0.25, 0.3) is 0 Å². The molecule has 1 aliphatic heterocycles. The first kappa shape index (κ1) is 14.7. The first-order chi connectivity index (χ1) is 12.1. The summed E-state index contributed by atoms with van der Waals surface area (Å²) in [4.78, 5) is 13.4. The van der Waals surface area contributed by atoms with Crippen LogP contribution in [0.1, 0.15) is 35.9 Å². The fourth-order valence-corrected chi connectivity index (χ4v) is 3.95. The van der Waals surface area contributed by atoms with Crippen LogP contribution < -0.4 is 15.4 Å². The molecule has 6 nitrogen and oxygen atoms in total. The van der Waals surface area contributed by atoms with E-state index in [1.807, 2.05) is 6.07 Å². The van der Waals surface area contributed by atoms with Gasteiger partial charge in [-0.15, -0.1) is 0 Å². The number of H-pyrrole nitrogens is 1. The number of halogens is 2. The fraction of sp³-hybridized carbons (Fsp3) is 0.412. The second-order valence-corrected chi connectivity index (χ2v) is 6.93. The Bertz CT molecular complexity index is 880. The van der Waals surface area contributed by atoms with Crippen molar-refractivity contribution in [2.45, 2.75) is 30.7 Å². The van der Waals surface area contributed by atoms with Gasteiger partial charge in [0.1, 0.15) is 5.82 Å². The number of rotatable bonds is 3. The number of urea groups is 1. The third-order valence-corrected chi connectivity index (χ3v) is 5.36. The second-order valence-electron chi connectivity index (χ2n) is 6.93. The van der Waals surface area contributed by atoms with Gasteiger partial charge in [0, 0.05) is 35.1 Å². The summed E-state index contributed by atoms with van der Waals surface area (Å²) in [7, 11) is 0. The SMILES string of the molecule is NC(=O)N(c1cc(C2CC2)[nH]n1)[C@@H]1[C@@H]2COc3c(F)ccc(F)c3[C@@H]21. The molecule has 3 aliphatic rings. The zero-order valence-corrected chi connectivity index (χ0v) is 13.2. The van der Waals surface area contributed by atoms with Crippen molar-refractivity contribution in [2.24, 2.45) is 11.7 Å². The predicted octanol–water partition coefficient (Wildman–Crippen LogP) is 2.63.